The van der Waals surface area contributed by atoms with Gasteiger partial charge >= 0.3 is 0 Å². The standard InChI is InChI=1S/C9H10BrN5O/c1-4(2)15-7-5(3-12-9(11)14-7)13-6(10)8(15)16/h3-4H,1-2H3,(H2,11,12,14). The highest BCUT2D eigenvalue weighted by atomic mass is 79.9. The zero-order valence-electron chi connectivity index (χ0n) is 8.81. The van der Waals surface area contributed by atoms with Gasteiger partial charge in [0, 0.05) is 6.04 Å². The highest BCUT2D eigenvalue weighted by Crippen LogP contribution is 2.14. The SMILES string of the molecule is CC(C)n1c(=O)c(Br)nc2cnc(N)nc21. The molecule has 2 rings (SSSR count). The van der Waals surface area contributed by atoms with Crippen LogP contribution >= 0.6 is 15.9 Å². The molecule has 7 heteroatoms. The minimum Gasteiger partial charge on any atom is -0.368 e. The summed E-state index contributed by atoms with van der Waals surface area (Å²) in [6.45, 7) is 3.79. The van der Waals surface area contributed by atoms with Crippen molar-refractivity contribution < 1.29 is 0 Å². The lowest BCUT2D eigenvalue weighted by Gasteiger charge is -2.12. The van der Waals surface area contributed by atoms with Crippen LogP contribution in [0.15, 0.2) is 15.6 Å². The first-order chi connectivity index (χ1) is 7.50. The molecule has 6 nitrogen and oxygen atoms in total. The lowest BCUT2D eigenvalue weighted by atomic mass is 10.3. The summed E-state index contributed by atoms with van der Waals surface area (Å²) in [7, 11) is 0. The highest BCUT2D eigenvalue weighted by molar-refractivity contribution is 9.10. The Morgan fingerprint density at radius 1 is 1.44 bits per heavy atom. The van der Waals surface area contributed by atoms with Gasteiger partial charge < -0.3 is 5.73 Å². The minimum absolute atomic E-state index is 0.0244. The van der Waals surface area contributed by atoms with Crippen LogP contribution in [0.25, 0.3) is 11.2 Å². The zero-order chi connectivity index (χ0) is 11.9. The Hall–Kier alpha value is -1.50. The van der Waals surface area contributed by atoms with Crippen LogP contribution < -0.4 is 11.3 Å². The predicted octanol–water partition coefficient (Wildman–Crippen LogP) is 1.11. The normalized spacial score (nSPS) is 11.2. The largest absolute Gasteiger partial charge is 0.368 e. The average Bonchev–Trinajstić information content (AvgIpc) is 2.20. The van der Waals surface area contributed by atoms with Gasteiger partial charge in [0.25, 0.3) is 5.56 Å². The van der Waals surface area contributed by atoms with E-state index in [2.05, 4.69) is 30.9 Å². The lowest BCUT2D eigenvalue weighted by molar-refractivity contribution is 0.589. The van der Waals surface area contributed by atoms with Gasteiger partial charge in [-0.25, -0.2) is 9.97 Å². The lowest BCUT2D eigenvalue weighted by Crippen LogP contribution is -2.25. The Bertz CT molecular complexity index is 607. The van der Waals surface area contributed by atoms with Crippen LogP contribution in [0.5, 0.6) is 0 Å². The zero-order valence-corrected chi connectivity index (χ0v) is 10.4. The Morgan fingerprint density at radius 2 is 2.12 bits per heavy atom. The third-order valence-electron chi connectivity index (χ3n) is 2.13. The quantitative estimate of drug-likeness (QED) is 0.847. The van der Waals surface area contributed by atoms with Crippen LogP contribution in [-0.2, 0) is 0 Å². The van der Waals surface area contributed by atoms with Crippen molar-refractivity contribution in [1.82, 2.24) is 19.5 Å². The van der Waals surface area contributed by atoms with Gasteiger partial charge in [-0.05, 0) is 29.8 Å². The van der Waals surface area contributed by atoms with Gasteiger partial charge in [0.15, 0.2) is 10.3 Å². The monoisotopic (exact) mass is 283 g/mol. The number of aromatic nitrogens is 4. The molecule has 0 saturated heterocycles. The number of nitrogens with zero attached hydrogens (tertiary/aromatic N) is 4. The van der Waals surface area contributed by atoms with Crippen molar-refractivity contribution in [1.29, 1.82) is 0 Å². The molecule has 0 bridgehead atoms. The molecule has 2 aromatic rings. The maximum atomic E-state index is 11.9. The summed E-state index contributed by atoms with van der Waals surface area (Å²) < 4.78 is 1.78. The van der Waals surface area contributed by atoms with E-state index in [9.17, 15) is 4.79 Å². The summed E-state index contributed by atoms with van der Waals surface area (Å²) in [5, 5.41) is 0. The van der Waals surface area contributed by atoms with Crippen LogP contribution in [0.4, 0.5) is 5.95 Å². The maximum absolute atomic E-state index is 11.9. The molecule has 2 heterocycles. The van der Waals surface area contributed by atoms with Gasteiger partial charge in [-0.2, -0.15) is 4.98 Å². The van der Waals surface area contributed by atoms with Gasteiger partial charge in [-0.1, -0.05) is 0 Å². The van der Waals surface area contributed by atoms with E-state index < -0.39 is 0 Å². The van der Waals surface area contributed by atoms with Crippen LogP contribution in [0.1, 0.15) is 19.9 Å². The number of hydrogen-bond acceptors (Lipinski definition) is 5. The molecule has 0 spiro atoms. The van der Waals surface area contributed by atoms with Gasteiger partial charge in [0.2, 0.25) is 5.95 Å². The molecule has 2 aromatic heterocycles. The summed E-state index contributed by atoms with van der Waals surface area (Å²) in [6, 6.07) is -0.0244. The van der Waals surface area contributed by atoms with E-state index >= 15 is 0 Å². The number of nitrogens with two attached hydrogens (primary N) is 1. The van der Waals surface area contributed by atoms with E-state index in [1.54, 1.807) is 0 Å². The van der Waals surface area contributed by atoms with E-state index in [1.807, 2.05) is 13.8 Å². The number of fused-ring (bicyclic) bond motifs is 1. The Morgan fingerprint density at radius 3 is 2.75 bits per heavy atom. The summed E-state index contributed by atoms with van der Waals surface area (Å²) >= 11 is 3.12. The molecule has 0 atom stereocenters. The van der Waals surface area contributed by atoms with E-state index in [0.717, 1.165) is 0 Å². The fourth-order valence-corrected chi connectivity index (χ4v) is 1.85. The topological polar surface area (TPSA) is 86.7 Å². The van der Waals surface area contributed by atoms with Crippen molar-refractivity contribution in [3.05, 3.63) is 21.2 Å². The van der Waals surface area contributed by atoms with Gasteiger partial charge in [0.05, 0.1) is 6.20 Å². The minimum atomic E-state index is -0.222. The molecule has 0 unspecified atom stereocenters. The van der Waals surface area contributed by atoms with E-state index in [1.165, 1.54) is 10.8 Å². The fourth-order valence-electron chi connectivity index (χ4n) is 1.46. The maximum Gasteiger partial charge on any atom is 0.285 e. The van der Waals surface area contributed by atoms with Crippen molar-refractivity contribution in [2.75, 3.05) is 5.73 Å². The Kier molecular flexibility index (Phi) is 2.63. The Labute approximate surface area is 99.7 Å². The first-order valence-electron chi connectivity index (χ1n) is 4.71. The molecule has 16 heavy (non-hydrogen) atoms. The van der Waals surface area contributed by atoms with Crippen molar-refractivity contribution in [2.24, 2.45) is 0 Å². The number of anilines is 1. The van der Waals surface area contributed by atoms with Gasteiger partial charge in [0.1, 0.15) is 5.52 Å². The third-order valence-corrected chi connectivity index (χ3v) is 2.64. The van der Waals surface area contributed by atoms with Crippen molar-refractivity contribution in [2.45, 2.75) is 19.9 Å². The molecular formula is C9H10BrN5O. The number of halogens is 1. The molecule has 0 fully saturated rings. The molecular weight excluding hydrogens is 274 g/mol. The second-order valence-electron chi connectivity index (χ2n) is 3.61. The van der Waals surface area contributed by atoms with Gasteiger partial charge in [-0.3, -0.25) is 9.36 Å². The highest BCUT2D eigenvalue weighted by Gasteiger charge is 2.13. The van der Waals surface area contributed by atoms with E-state index in [4.69, 9.17) is 5.73 Å². The van der Waals surface area contributed by atoms with Crippen LogP contribution in [0.2, 0.25) is 0 Å². The average molecular weight is 284 g/mol. The number of nitrogen functional groups attached to an aromatic ring is 1. The second kappa shape index (κ2) is 3.82. The third kappa shape index (κ3) is 1.67. The van der Waals surface area contributed by atoms with Crippen LogP contribution in [0.3, 0.4) is 0 Å². The smallest absolute Gasteiger partial charge is 0.285 e. The van der Waals surface area contributed by atoms with E-state index in [-0.39, 0.29) is 22.2 Å². The summed E-state index contributed by atoms with van der Waals surface area (Å²) in [6.07, 6.45) is 1.50. The Balaban J connectivity index is 2.96. The second-order valence-corrected chi connectivity index (χ2v) is 4.36. The summed E-state index contributed by atoms with van der Waals surface area (Å²) in [5.74, 6) is 0.130. The molecule has 0 amide bonds. The van der Waals surface area contributed by atoms with E-state index in [0.29, 0.717) is 11.2 Å². The van der Waals surface area contributed by atoms with Gasteiger partial charge in [-0.15, -0.1) is 0 Å². The van der Waals surface area contributed by atoms with Crippen molar-refractivity contribution in [3.63, 3.8) is 0 Å². The molecule has 2 N–H and O–H groups in total. The first-order valence-corrected chi connectivity index (χ1v) is 5.50. The molecule has 0 radical (unpaired) electrons. The van der Waals surface area contributed by atoms with Crippen molar-refractivity contribution >= 4 is 33.0 Å². The molecule has 0 aromatic carbocycles. The predicted molar refractivity (Wildman–Crippen MR) is 64.1 cm³/mol. The molecule has 0 aliphatic rings. The first kappa shape index (κ1) is 11.0. The number of rotatable bonds is 1. The molecule has 84 valence electrons. The summed E-state index contributed by atoms with van der Waals surface area (Å²) in [4.78, 5) is 23.8. The van der Waals surface area contributed by atoms with Crippen molar-refractivity contribution in [3.8, 4) is 0 Å². The molecule has 0 saturated carbocycles. The molecule has 0 aliphatic carbocycles. The molecule has 0 aliphatic heterocycles. The van der Waals surface area contributed by atoms with Crippen LogP contribution in [-0.4, -0.2) is 19.5 Å². The number of hydrogen-bond donors (Lipinski definition) is 1. The van der Waals surface area contributed by atoms with Crippen LogP contribution in [0, 0.1) is 0 Å². The fraction of sp³-hybridized carbons (Fsp3) is 0.333. The summed E-state index contributed by atoms with van der Waals surface area (Å²) in [5.41, 5.74) is 6.27.